The first-order chi connectivity index (χ1) is 9.36. The van der Waals surface area contributed by atoms with Crippen molar-refractivity contribution in [1.82, 2.24) is 9.80 Å². The largest absolute Gasteiger partial charge is 0.480 e. The lowest BCUT2D eigenvalue weighted by molar-refractivity contribution is -0.151. The molecule has 122 valence electrons. The number of nitrogens with zero attached hydrogens (tertiary/aromatic N) is 2. The van der Waals surface area contributed by atoms with Gasteiger partial charge in [0.25, 0.3) is 0 Å². The molecule has 0 rings (SSSR count). The van der Waals surface area contributed by atoms with Crippen LogP contribution in [0.15, 0.2) is 0 Å². The zero-order valence-electron chi connectivity index (χ0n) is 13.8. The molecule has 1 atom stereocenters. The fourth-order valence-corrected chi connectivity index (χ4v) is 1.77. The number of aliphatic carboxylic acids is 1. The SMILES string of the molecule is CC(C)[C@@H](C(=O)O)N(C)C(=O)CN(C)C(=O)OC(C)(C)C. The van der Waals surface area contributed by atoms with E-state index in [0.717, 1.165) is 9.80 Å². The van der Waals surface area contributed by atoms with Crippen molar-refractivity contribution in [3.8, 4) is 0 Å². The van der Waals surface area contributed by atoms with Gasteiger partial charge >= 0.3 is 12.1 Å². The minimum Gasteiger partial charge on any atom is -0.480 e. The zero-order chi connectivity index (χ0) is 17.0. The van der Waals surface area contributed by atoms with Crippen LogP contribution in [0.1, 0.15) is 34.6 Å². The summed E-state index contributed by atoms with van der Waals surface area (Å²) in [5, 5.41) is 9.16. The van der Waals surface area contributed by atoms with Crippen LogP contribution in [-0.2, 0) is 14.3 Å². The van der Waals surface area contributed by atoms with Gasteiger partial charge in [-0.25, -0.2) is 9.59 Å². The number of amides is 2. The first-order valence-corrected chi connectivity index (χ1v) is 6.79. The second kappa shape index (κ2) is 7.28. The summed E-state index contributed by atoms with van der Waals surface area (Å²) in [6.45, 7) is 8.39. The lowest BCUT2D eigenvalue weighted by Gasteiger charge is -2.30. The Morgan fingerprint density at radius 1 is 1.14 bits per heavy atom. The van der Waals surface area contributed by atoms with Crippen molar-refractivity contribution in [2.24, 2.45) is 5.92 Å². The molecule has 0 heterocycles. The topological polar surface area (TPSA) is 87.2 Å². The van der Waals surface area contributed by atoms with Gasteiger partial charge in [0.15, 0.2) is 0 Å². The van der Waals surface area contributed by atoms with Gasteiger partial charge in [-0.15, -0.1) is 0 Å². The van der Waals surface area contributed by atoms with Gasteiger partial charge in [-0.05, 0) is 26.7 Å². The Labute approximate surface area is 125 Å². The molecule has 21 heavy (non-hydrogen) atoms. The fraction of sp³-hybridized carbons (Fsp3) is 0.786. The number of carboxylic acids is 1. The molecule has 7 heteroatoms. The monoisotopic (exact) mass is 302 g/mol. The number of ether oxygens (including phenoxy) is 1. The molecule has 0 aliphatic carbocycles. The molecule has 0 saturated carbocycles. The van der Waals surface area contributed by atoms with E-state index in [1.807, 2.05) is 0 Å². The quantitative estimate of drug-likeness (QED) is 0.830. The van der Waals surface area contributed by atoms with E-state index < -0.39 is 29.6 Å². The highest BCUT2D eigenvalue weighted by molar-refractivity contribution is 5.86. The number of hydrogen-bond acceptors (Lipinski definition) is 4. The molecule has 0 radical (unpaired) electrons. The van der Waals surface area contributed by atoms with Crippen LogP contribution in [0.25, 0.3) is 0 Å². The van der Waals surface area contributed by atoms with Crippen molar-refractivity contribution in [2.75, 3.05) is 20.6 Å². The molecular weight excluding hydrogens is 276 g/mol. The average Bonchev–Trinajstić information content (AvgIpc) is 2.25. The van der Waals surface area contributed by atoms with Crippen LogP contribution < -0.4 is 0 Å². The maximum Gasteiger partial charge on any atom is 0.410 e. The fourth-order valence-electron chi connectivity index (χ4n) is 1.77. The van der Waals surface area contributed by atoms with Crippen LogP contribution in [0, 0.1) is 5.92 Å². The van der Waals surface area contributed by atoms with Gasteiger partial charge in [0, 0.05) is 14.1 Å². The second-order valence-electron chi connectivity index (χ2n) is 6.37. The molecule has 2 amide bonds. The highest BCUT2D eigenvalue weighted by Crippen LogP contribution is 2.12. The summed E-state index contributed by atoms with van der Waals surface area (Å²) in [6.07, 6.45) is -0.624. The molecule has 0 unspecified atom stereocenters. The summed E-state index contributed by atoms with van der Waals surface area (Å²) in [7, 11) is 2.86. The number of rotatable bonds is 5. The van der Waals surface area contributed by atoms with E-state index in [1.54, 1.807) is 34.6 Å². The summed E-state index contributed by atoms with van der Waals surface area (Å²) in [5.74, 6) is -1.76. The number of likely N-dealkylation sites (N-methyl/N-ethyl adjacent to an activating group) is 2. The van der Waals surface area contributed by atoms with Crippen molar-refractivity contribution in [3.05, 3.63) is 0 Å². The number of carbonyl (C=O) groups is 3. The summed E-state index contributed by atoms with van der Waals surface area (Å²) in [4.78, 5) is 37.3. The van der Waals surface area contributed by atoms with Gasteiger partial charge in [0.05, 0.1) is 0 Å². The molecule has 0 saturated heterocycles. The van der Waals surface area contributed by atoms with E-state index in [-0.39, 0.29) is 12.5 Å². The van der Waals surface area contributed by atoms with Crippen molar-refractivity contribution in [2.45, 2.75) is 46.3 Å². The Morgan fingerprint density at radius 2 is 1.62 bits per heavy atom. The molecular formula is C14H26N2O5. The number of carbonyl (C=O) groups excluding carboxylic acids is 2. The molecule has 0 aromatic rings. The third-order valence-corrected chi connectivity index (χ3v) is 2.77. The highest BCUT2D eigenvalue weighted by Gasteiger charge is 2.31. The molecule has 7 nitrogen and oxygen atoms in total. The Morgan fingerprint density at radius 3 is 1.95 bits per heavy atom. The van der Waals surface area contributed by atoms with E-state index in [1.165, 1.54) is 14.1 Å². The van der Waals surface area contributed by atoms with Gasteiger partial charge in [0.2, 0.25) is 5.91 Å². The Balaban J connectivity index is 4.74. The Kier molecular flexibility index (Phi) is 6.66. The lowest BCUT2D eigenvalue weighted by atomic mass is 10.0. The van der Waals surface area contributed by atoms with Crippen molar-refractivity contribution in [3.63, 3.8) is 0 Å². The van der Waals surface area contributed by atoms with Crippen LogP contribution >= 0.6 is 0 Å². The molecule has 0 aliphatic rings. The predicted molar refractivity (Wildman–Crippen MR) is 77.9 cm³/mol. The third kappa shape index (κ3) is 6.46. The van der Waals surface area contributed by atoms with Gasteiger partial charge in [-0.2, -0.15) is 0 Å². The van der Waals surface area contributed by atoms with E-state index in [0.29, 0.717) is 0 Å². The number of carboxylic acid groups (broad SMARTS) is 1. The average molecular weight is 302 g/mol. The van der Waals surface area contributed by atoms with Gasteiger partial charge in [-0.1, -0.05) is 13.8 Å². The second-order valence-corrected chi connectivity index (χ2v) is 6.37. The highest BCUT2D eigenvalue weighted by atomic mass is 16.6. The lowest BCUT2D eigenvalue weighted by Crippen LogP contribution is -2.49. The molecule has 0 fully saturated rings. The third-order valence-electron chi connectivity index (χ3n) is 2.77. The zero-order valence-corrected chi connectivity index (χ0v) is 13.8. The van der Waals surface area contributed by atoms with Crippen LogP contribution in [0.3, 0.4) is 0 Å². The normalized spacial score (nSPS) is 12.8. The van der Waals surface area contributed by atoms with Crippen LogP contribution in [0.5, 0.6) is 0 Å². The van der Waals surface area contributed by atoms with Crippen LogP contribution in [0.4, 0.5) is 4.79 Å². The van der Waals surface area contributed by atoms with Gasteiger partial charge < -0.3 is 19.6 Å². The summed E-state index contributed by atoms with van der Waals surface area (Å²) in [5.41, 5.74) is -0.651. The summed E-state index contributed by atoms with van der Waals surface area (Å²) in [6, 6.07) is -0.926. The summed E-state index contributed by atoms with van der Waals surface area (Å²) >= 11 is 0. The molecule has 0 aliphatic heterocycles. The smallest absolute Gasteiger partial charge is 0.410 e. The van der Waals surface area contributed by atoms with Crippen LogP contribution in [-0.4, -0.2) is 65.2 Å². The van der Waals surface area contributed by atoms with Crippen molar-refractivity contribution in [1.29, 1.82) is 0 Å². The molecule has 0 spiro atoms. The van der Waals surface area contributed by atoms with E-state index >= 15 is 0 Å². The maximum atomic E-state index is 12.1. The number of hydrogen-bond donors (Lipinski definition) is 1. The van der Waals surface area contributed by atoms with Gasteiger partial charge in [0.1, 0.15) is 18.2 Å². The van der Waals surface area contributed by atoms with Crippen molar-refractivity contribution >= 4 is 18.0 Å². The predicted octanol–water partition coefficient (Wildman–Crippen LogP) is 1.42. The van der Waals surface area contributed by atoms with E-state index in [2.05, 4.69) is 0 Å². The minimum atomic E-state index is -1.07. The maximum absolute atomic E-state index is 12.1. The van der Waals surface area contributed by atoms with Gasteiger partial charge in [-0.3, -0.25) is 4.79 Å². The molecule has 0 bridgehead atoms. The molecule has 1 N–H and O–H groups in total. The first-order valence-electron chi connectivity index (χ1n) is 6.79. The van der Waals surface area contributed by atoms with E-state index in [4.69, 9.17) is 9.84 Å². The molecule has 0 aromatic heterocycles. The van der Waals surface area contributed by atoms with Crippen molar-refractivity contribution < 1.29 is 24.2 Å². The van der Waals surface area contributed by atoms with E-state index in [9.17, 15) is 14.4 Å². The first kappa shape index (κ1) is 19.2. The van der Waals surface area contributed by atoms with Crippen LogP contribution in [0.2, 0.25) is 0 Å². The standard InChI is InChI=1S/C14H26N2O5/c1-9(2)11(12(18)19)16(7)10(17)8-15(6)13(20)21-14(3,4)5/h9,11H,8H2,1-7H3,(H,18,19)/t11-/m0/s1. The minimum absolute atomic E-state index is 0.233. The Bertz CT molecular complexity index is 401. The summed E-state index contributed by atoms with van der Waals surface area (Å²) < 4.78 is 5.14. The molecule has 0 aromatic carbocycles. The Hall–Kier alpha value is -1.79.